The predicted octanol–water partition coefficient (Wildman–Crippen LogP) is 4.37. The second-order valence-electron chi connectivity index (χ2n) is 6.47. The third-order valence-electron chi connectivity index (χ3n) is 4.45. The lowest BCUT2D eigenvalue weighted by molar-refractivity contribution is -0.0497. The van der Waals surface area contributed by atoms with Crippen LogP contribution in [0.5, 0.6) is 5.75 Å². The molecule has 0 aliphatic carbocycles. The van der Waals surface area contributed by atoms with Gasteiger partial charge in [-0.2, -0.15) is 13.1 Å². The van der Waals surface area contributed by atoms with Crippen molar-refractivity contribution in [3.63, 3.8) is 0 Å². The van der Waals surface area contributed by atoms with Crippen LogP contribution in [0.1, 0.15) is 29.6 Å². The van der Waals surface area contributed by atoms with Crippen molar-refractivity contribution < 1.29 is 26.7 Å². The summed E-state index contributed by atoms with van der Waals surface area (Å²) in [4.78, 5) is 12.6. The molecule has 6 nitrogen and oxygen atoms in total. The van der Waals surface area contributed by atoms with Crippen LogP contribution >= 0.6 is 11.6 Å². The third kappa shape index (κ3) is 5.23. The number of piperidine rings is 1. The first kappa shape index (κ1) is 21.5. The summed E-state index contributed by atoms with van der Waals surface area (Å²) in [6, 6.07) is 9.59. The Labute approximate surface area is 172 Å². The van der Waals surface area contributed by atoms with E-state index in [1.54, 1.807) is 0 Å². The van der Waals surface area contributed by atoms with Gasteiger partial charge in [-0.3, -0.25) is 4.79 Å². The summed E-state index contributed by atoms with van der Waals surface area (Å²) in [6.07, 6.45) is 2.62. The summed E-state index contributed by atoms with van der Waals surface area (Å²) >= 11 is 5.88. The molecule has 1 saturated heterocycles. The second kappa shape index (κ2) is 9.06. The molecule has 0 aromatic heterocycles. The largest absolute Gasteiger partial charge is 0.433 e. The van der Waals surface area contributed by atoms with Crippen molar-refractivity contribution in [1.82, 2.24) is 4.31 Å². The van der Waals surface area contributed by atoms with Crippen molar-refractivity contribution in [2.45, 2.75) is 30.8 Å². The quantitative estimate of drug-likeness (QED) is 0.717. The molecule has 0 unspecified atom stereocenters. The van der Waals surface area contributed by atoms with Gasteiger partial charge in [0.1, 0.15) is 5.75 Å². The molecule has 3 rings (SSSR count). The van der Waals surface area contributed by atoms with E-state index in [0.717, 1.165) is 19.3 Å². The van der Waals surface area contributed by atoms with Gasteiger partial charge in [-0.05, 0) is 49.2 Å². The number of carbonyl (C=O) groups is 1. The minimum Gasteiger partial charge on any atom is -0.433 e. The van der Waals surface area contributed by atoms with Gasteiger partial charge in [0.25, 0.3) is 5.91 Å². The maximum absolute atomic E-state index is 12.8. The van der Waals surface area contributed by atoms with Crippen LogP contribution in [-0.2, 0) is 10.0 Å². The van der Waals surface area contributed by atoms with Crippen LogP contribution in [0.25, 0.3) is 0 Å². The summed E-state index contributed by atoms with van der Waals surface area (Å²) in [7, 11) is -3.67. The standard InChI is InChI=1S/C19H19ClF2N2O4S/c20-16-12-14(7-8-17(16)28-19(21)22)23-18(25)13-5-4-6-15(11-13)29(26,27)24-9-2-1-3-10-24/h4-8,11-12,19H,1-3,9-10H2,(H,23,25). The third-order valence-corrected chi connectivity index (χ3v) is 6.64. The van der Waals surface area contributed by atoms with E-state index in [4.69, 9.17) is 11.6 Å². The van der Waals surface area contributed by atoms with Gasteiger partial charge in [-0.1, -0.05) is 24.1 Å². The van der Waals surface area contributed by atoms with Crippen LogP contribution < -0.4 is 10.1 Å². The van der Waals surface area contributed by atoms with E-state index >= 15 is 0 Å². The molecule has 1 aliphatic rings. The van der Waals surface area contributed by atoms with Gasteiger partial charge in [0.2, 0.25) is 10.0 Å². The van der Waals surface area contributed by atoms with Gasteiger partial charge in [0, 0.05) is 24.3 Å². The lowest BCUT2D eigenvalue weighted by Crippen LogP contribution is -2.35. The molecule has 1 aliphatic heterocycles. The minimum absolute atomic E-state index is 0.0470. The maximum Gasteiger partial charge on any atom is 0.387 e. The molecule has 2 aromatic rings. The number of ether oxygens (including phenoxy) is 1. The fourth-order valence-corrected chi connectivity index (χ4v) is 4.81. The summed E-state index contributed by atoms with van der Waals surface area (Å²) in [5, 5.41) is 2.47. The second-order valence-corrected chi connectivity index (χ2v) is 8.82. The Balaban J connectivity index is 1.77. The van der Waals surface area contributed by atoms with Gasteiger partial charge >= 0.3 is 6.61 Å². The smallest absolute Gasteiger partial charge is 0.387 e. The number of sulfonamides is 1. The molecule has 1 amide bonds. The SMILES string of the molecule is O=C(Nc1ccc(OC(F)F)c(Cl)c1)c1cccc(S(=O)(=O)N2CCCCC2)c1. The highest BCUT2D eigenvalue weighted by Crippen LogP contribution is 2.29. The lowest BCUT2D eigenvalue weighted by atomic mass is 10.2. The molecule has 0 bridgehead atoms. The van der Waals surface area contributed by atoms with Crippen LogP contribution in [0.4, 0.5) is 14.5 Å². The Hall–Kier alpha value is -2.23. The van der Waals surface area contributed by atoms with Gasteiger partial charge in [-0.25, -0.2) is 8.42 Å². The van der Waals surface area contributed by atoms with E-state index in [-0.39, 0.29) is 26.9 Å². The van der Waals surface area contributed by atoms with Gasteiger partial charge in [0.05, 0.1) is 9.92 Å². The van der Waals surface area contributed by atoms with E-state index in [0.29, 0.717) is 13.1 Å². The molecule has 29 heavy (non-hydrogen) atoms. The Bertz CT molecular complexity index is 995. The summed E-state index contributed by atoms with van der Waals surface area (Å²) in [6.45, 7) is -2.09. The normalized spacial score (nSPS) is 15.3. The molecule has 0 radical (unpaired) electrons. The summed E-state index contributed by atoms with van der Waals surface area (Å²) in [5.41, 5.74) is 0.401. The Morgan fingerprint density at radius 2 is 1.83 bits per heavy atom. The lowest BCUT2D eigenvalue weighted by Gasteiger charge is -2.26. The molecule has 10 heteroatoms. The first-order chi connectivity index (χ1) is 13.8. The van der Waals surface area contributed by atoms with Crippen molar-refractivity contribution in [3.05, 3.63) is 53.1 Å². The van der Waals surface area contributed by atoms with Gasteiger partial charge in [0.15, 0.2) is 0 Å². The number of nitrogens with one attached hydrogen (secondary N) is 1. The van der Waals surface area contributed by atoms with Crippen LogP contribution in [0.15, 0.2) is 47.4 Å². The zero-order valence-electron chi connectivity index (χ0n) is 15.3. The van der Waals surface area contributed by atoms with Crippen molar-refractivity contribution in [3.8, 4) is 5.75 Å². The fourth-order valence-electron chi connectivity index (χ4n) is 3.03. The van der Waals surface area contributed by atoms with Gasteiger partial charge < -0.3 is 10.1 Å². The topological polar surface area (TPSA) is 75.7 Å². The zero-order valence-corrected chi connectivity index (χ0v) is 16.8. The van der Waals surface area contributed by atoms with Crippen molar-refractivity contribution >= 4 is 33.2 Å². The highest BCUT2D eigenvalue weighted by atomic mass is 35.5. The Morgan fingerprint density at radius 3 is 2.48 bits per heavy atom. The monoisotopic (exact) mass is 444 g/mol. The van der Waals surface area contributed by atoms with Crippen LogP contribution in [0, 0.1) is 0 Å². The number of hydrogen-bond donors (Lipinski definition) is 1. The summed E-state index contributed by atoms with van der Waals surface area (Å²) < 4.78 is 55.9. The molecular formula is C19H19ClF2N2O4S. The molecule has 1 N–H and O–H groups in total. The number of anilines is 1. The number of rotatable bonds is 6. The van der Waals surface area contributed by atoms with Crippen molar-refractivity contribution in [2.75, 3.05) is 18.4 Å². The van der Waals surface area contributed by atoms with Gasteiger partial charge in [-0.15, -0.1) is 0 Å². The number of hydrogen-bond acceptors (Lipinski definition) is 4. The van der Waals surface area contributed by atoms with Crippen molar-refractivity contribution in [2.24, 2.45) is 0 Å². The Morgan fingerprint density at radius 1 is 1.10 bits per heavy atom. The van der Waals surface area contributed by atoms with E-state index in [1.807, 2.05) is 0 Å². The fraction of sp³-hybridized carbons (Fsp3) is 0.316. The molecule has 1 fully saturated rings. The minimum atomic E-state index is -3.67. The summed E-state index contributed by atoms with van der Waals surface area (Å²) in [5.74, 6) is -0.770. The highest BCUT2D eigenvalue weighted by molar-refractivity contribution is 7.89. The van der Waals surface area contributed by atoms with Crippen molar-refractivity contribution in [1.29, 1.82) is 0 Å². The average Bonchev–Trinajstić information content (AvgIpc) is 2.70. The number of amides is 1. The van der Waals surface area contributed by atoms with Crippen LogP contribution in [0.3, 0.4) is 0 Å². The zero-order chi connectivity index (χ0) is 21.0. The number of carbonyl (C=O) groups excluding carboxylic acids is 1. The van der Waals surface area contributed by atoms with E-state index in [9.17, 15) is 22.0 Å². The Kier molecular flexibility index (Phi) is 6.71. The number of benzene rings is 2. The van der Waals surface area contributed by atoms with Crippen LogP contribution in [0.2, 0.25) is 5.02 Å². The van der Waals surface area contributed by atoms with E-state index < -0.39 is 22.5 Å². The molecule has 156 valence electrons. The first-order valence-corrected chi connectivity index (χ1v) is 10.7. The number of halogens is 3. The molecular weight excluding hydrogens is 426 g/mol. The highest BCUT2D eigenvalue weighted by Gasteiger charge is 2.26. The van der Waals surface area contributed by atoms with Crippen LogP contribution in [-0.4, -0.2) is 38.3 Å². The first-order valence-electron chi connectivity index (χ1n) is 8.93. The van der Waals surface area contributed by atoms with E-state index in [2.05, 4.69) is 10.1 Å². The molecule has 0 spiro atoms. The number of alkyl halides is 2. The molecule has 0 atom stereocenters. The maximum atomic E-state index is 12.8. The average molecular weight is 445 g/mol. The van der Waals surface area contributed by atoms with E-state index in [1.165, 1.54) is 46.8 Å². The molecule has 1 heterocycles. The molecule has 0 saturated carbocycles. The number of nitrogens with zero attached hydrogens (tertiary/aromatic N) is 1. The predicted molar refractivity (Wildman–Crippen MR) is 105 cm³/mol. The molecule has 2 aromatic carbocycles.